The maximum atomic E-state index is 13.2. The van der Waals surface area contributed by atoms with Crippen molar-refractivity contribution in [2.75, 3.05) is 12.4 Å². The third-order valence-corrected chi connectivity index (χ3v) is 5.04. The Morgan fingerprint density at radius 1 is 1.11 bits per heavy atom. The van der Waals surface area contributed by atoms with Crippen LogP contribution in [0.3, 0.4) is 0 Å². The van der Waals surface area contributed by atoms with Crippen molar-refractivity contribution in [1.82, 2.24) is 10.6 Å². The molecule has 1 aliphatic rings. The lowest BCUT2D eigenvalue weighted by Crippen LogP contribution is -2.45. The van der Waals surface area contributed by atoms with Crippen molar-refractivity contribution < 1.29 is 9.53 Å². The standard InChI is InChI=1S/C21H23N3O2S/c1-12-8-7-10-16(13(12)2)23-20(25)18-14(3)22-21(27)24-19(18)15-9-5-6-11-17(15)26-4/h5-11,19H,1-4H3,(H,23,25)(H2,22,24,27)/t19-/m0/s1. The van der Waals surface area contributed by atoms with Gasteiger partial charge in [-0.25, -0.2) is 0 Å². The highest BCUT2D eigenvalue weighted by atomic mass is 32.1. The van der Waals surface area contributed by atoms with Crippen molar-refractivity contribution in [2.24, 2.45) is 0 Å². The molecule has 1 heterocycles. The molecule has 6 heteroatoms. The summed E-state index contributed by atoms with van der Waals surface area (Å²) in [5.41, 5.74) is 5.12. The van der Waals surface area contributed by atoms with Crippen LogP contribution in [0.15, 0.2) is 53.7 Å². The van der Waals surface area contributed by atoms with Gasteiger partial charge in [0.1, 0.15) is 5.75 Å². The Morgan fingerprint density at radius 2 is 1.85 bits per heavy atom. The van der Waals surface area contributed by atoms with E-state index in [1.165, 1.54) is 0 Å². The van der Waals surface area contributed by atoms with Crippen molar-refractivity contribution in [2.45, 2.75) is 26.8 Å². The molecule has 0 spiro atoms. The van der Waals surface area contributed by atoms with Gasteiger partial charge in [0.25, 0.3) is 5.91 Å². The van der Waals surface area contributed by atoms with Crippen LogP contribution in [-0.2, 0) is 4.79 Å². The first-order valence-corrected chi connectivity index (χ1v) is 9.12. The molecule has 0 saturated carbocycles. The SMILES string of the molecule is COc1ccccc1[C@@H]1NC(=S)NC(C)=C1C(=O)Nc1cccc(C)c1C. The summed E-state index contributed by atoms with van der Waals surface area (Å²) in [5.74, 6) is 0.518. The second kappa shape index (κ2) is 7.80. The van der Waals surface area contributed by atoms with Crippen molar-refractivity contribution in [1.29, 1.82) is 0 Å². The Hall–Kier alpha value is -2.86. The number of benzene rings is 2. The molecule has 0 saturated heterocycles. The van der Waals surface area contributed by atoms with Crippen LogP contribution in [0.2, 0.25) is 0 Å². The van der Waals surface area contributed by atoms with E-state index in [2.05, 4.69) is 16.0 Å². The quantitative estimate of drug-likeness (QED) is 0.704. The molecule has 140 valence electrons. The van der Waals surface area contributed by atoms with Crippen molar-refractivity contribution in [3.8, 4) is 5.75 Å². The predicted molar refractivity (Wildman–Crippen MR) is 112 cm³/mol. The minimum atomic E-state index is -0.403. The summed E-state index contributed by atoms with van der Waals surface area (Å²) in [6, 6.07) is 13.1. The zero-order valence-corrected chi connectivity index (χ0v) is 16.7. The van der Waals surface area contributed by atoms with Gasteiger partial charge in [-0.1, -0.05) is 30.3 Å². The normalized spacial score (nSPS) is 16.4. The van der Waals surface area contributed by atoms with Crippen LogP contribution in [0.5, 0.6) is 5.75 Å². The second-order valence-electron chi connectivity index (χ2n) is 6.51. The molecular weight excluding hydrogens is 358 g/mol. The van der Waals surface area contributed by atoms with Gasteiger partial charge in [-0.3, -0.25) is 4.79 Å². The van der Waals surface area contributed by atoms with Crippen LogP contribution < -0.4 is 20.7 Å². The number of carbonyl (C=O) groups excluding carboxylic acids is 1. The van der Waals surface area contributed by atoms with Gasteiger partial charge < -0.3 is 20.7 Å². The van der Waals surface area contributed by atoms with E-state index < -0.39 is 6.04 Å². The highest BCUT2D eigenvalue weighted by molar-refractivity contribution is 7.80. The number of allylic oxidation sites excluding steroid dienone is 1. The Labute approximate surface area is 164 Å². The minimum Gasteiger partial charge on any atom is -0.496 e. The van der Waals surface area contributed by atoms with E-state index >= 15 is 0 Å². The van der Waals surface area contributed by atoms with E-state index in [-0.39, 0.29) is 5.91 Å². The summed E-state index contributed by atoms with van der Waals surface area (Å²) < 4.78 is 5.49. The number of nitrogens with one attached hydrogen (secondary N) is 3. The van der Waals surface area contributed by atoms with Gasteiger partial charge in [-0.05, 0) is 56.2 Å². The molecule has 27 heavy (non-hydrogen) atoms. The fourth-order valence-electron chi connectivity index (χ4n) is 3.21. The van der Waals surface area contributed by atoms with E-state index in [4.69, 9.17) is 17.0 Å². The van der Waals surface area contributed by atoms with Crippen LogP contribution in [0, 0.1) is 13.8 Å². The molecular formula is C21H23N3O2S. The molecule has 0 aromatic heterocycles. The molecule has 0 bridgehead atoms. The van der Waals surface area contributed by atoms with Gasteiger partial charge in [0, 0.05) is 16.9 Å². The monoisotopic (exact) mass is 381 g/mol. The molecule has 0 fully saturated rings. The number of aryl methyl sites for hydroxylation is 1. The molecule has 1 atom stereocenters. The average molecular weight is 382 g/mol. The Balaban J connectivity index is 2.01. The molecule has 0 unspecified atom stereocenters. The number of methoxy groups -OCH3 is 1. The van der Waals surface area contributed by atoms with E-state index in [1.807, 2.05) is 63.2 Å². The smallest absolute Gasteiger partial charge is 0.255 e. The number of hydrogen-bond acceptors (Lipinski definition) is 3. The van der Waals surface area contributed by atoms with E-state index in [0.29, 0.717) is 16.4 Å². The number of rotatable bonds is 4. The first kappa shape index (κ1) is 18.9. The fraction of sp³-hybridized carbons (Fsp3) is 0.238. The molecule has 1 amide bonds. The fourth-order valence-corrected chi connectivity index (χ4v) is 3.48. The average Bonchev–Trinajstić information content (AvgIpc) is 2.64. The predicted octanol–water partition coefficient (Wildman–Crippen LogP) is 3.74. The van der Waals surface area contributed by atoms with Crippen molar-refractivity contribution in [3.05, 3.63) is 70.4 Å². The first-order chi connectivity index (χ1) is 12.9. The lowest BCUT2D eigenvalue weighted by Gasteiger charge is -2.31. The molecule has 2 aromatic carbocycles. The lowest BCUT2D eigenvalue weighted by atomic mass is 9.94. The first-order valence-electron chi connectivity index (χ1n) is 8.71. The number of hydrogen-bond donors (Lipinski definition) is 3. The third-order valence-electron chi connectivity index (χ3n) is 4.82. The van der Waals surface area contributed by atoms with Crippen molar-refractivity contribution in [3.63, 3.8) is 0 Å². The zero-order chi connectivity index (χ0) is 19.6. The molecule has 0 aliphatic carbocycles. The molecule has 2 aromatic rings. The summed E-state index contributed by atoms with van der Waals surface area (Å²) in [5, 5.41) is 9.78. The molecule has 0 radical (unpaired) electrons. The third kappa shape index (κ3) is 3.80. The number of anilines is 1. The largest absolute Gasteiger partial charge is 0.496 e. The van der Waals surface area contributed by atoms with Gasteiger partial charge in [0.15, 0.2) is 5.11 Å². The van der Waals surface area contributed by atoms with Crippen molar-refractivity contribution >= 4 is 28.9 Å². The van der Waals surface area contributed by atoms with Gasteiger partial charge in [-0.2, -0.15) is 0 Å². The number of amides is 1. The van der Waals surface area contributed by atoms with Gasteiger partial charge in [0.05, 0.1) is 18.7 Å². The molecule has 1 aliphatic heterocycles. The van der Waals surface area contributed by atoms with Gasteiger partial charge in [0.2, 0.25) is 0 Å². The molecule has 3 rings (SSSR count). The van der Waals surface area contributed by atoms with Gasteiger partial charge in [-0.15, -0.1) is 0 Å². The Bertz CT molecular complexity index is 937. The summed E-state index contributed by atoms with van der Waals surface area (Å²) in [6.07, 6.45) is 0. The summed E-state index contributed by atoms with van der Waals surface area (Å²) in [4.78, 5) is 13.2. The van der Waals surface area contributed by atoms with E-state index in [9.17, 15) is 4.79 Å². The number of thiocarbonyl (C=S) groups is 1. The van der Waals surface area contributed by atoms with E-state index in [0.717, 1.165) is 28.1 Å². The minimum absolute atomic E-state index is 0.181. The van der Waals surface area contributed by atoms with Gasteiger partial charge >= 0.3 is 0 Å². The van der Waals surface area contributed by atoms with Crippen LogP contribution in [0.25, 0.3) is 0 Å². The van der Waals surface area contributed by atoms with Crippen LogP contribution in [0.1, 0.15) is 29.7 Å². The van der Waals surface area contributed by atoms with Crippen LogP contribution >= 0.6 is 12.2 Å². The number of carbonyl (C=O) groups is 1. The van der Waals surface area contributed by atoms with E-state index in [1.54, 1.807) is 7.11 Å². The summed E-state index contributed by atoms with van der Waals surface area (Å²) >= 11 is 5.32. The maximum Gasteiger partial charge on any atom is 0.255 e. The number of ether oxygens (including phenoxy) is 1. The van der Waals surface area contributed by atoms with Crippen LogP contribution in [0.4, 0.5) is 5.69 Å². The zero-order valence-electron chi connectivity index (χ0n) is 15.8. The Morgan fingerprint density at radius 3 is 2.59 bits per heavy atom. The molecule has 3 N–H and O–H groups in total. The highest BCUT2D eigenvalue weighted by Gasteiger charge is 2.31. The summed E-state index contributed by atoms with van der Waals surface area (Å²) in [7, 11) is 1.62. The second-order valence-corrected chi connectivity index (χ2v) is 6.92. The summed E-state index contributed by atoms with van der Waals surface area (Å²) in [6.45, 7) is 5.87. The maximum absolute atomic E-state index is 13.2. The Kier molecular flexibility index (Phi) is 5.46. The number of para-hydroxylation sites is 1. The molecule has 5 nitrogen and oxygen atoms in total. The van der Waals surface area contributed by atoms with Crippen LogP contribution in [-0.4, -0.2) is 18.1 Å². The topological polar surface area (TPSA) is 62.4 Å². The lowest BCUT2D eigenvalue weighted by molar-refractivity contribution is -0.113. The highest BCUT2D eigenvalue weighted by Crippen LogP contribution is 2.33.